The van der Waals surface area contributed by atoms with Crippen LogP contribution in [0.3, 0.4) is 0 Å². The molecule has 1 saturated heterocycles. The van der Waals surface area contributed by atoms with Crippen LogP contribution >= 0.6 is 0 Å². The molecule has 0 saturated carbocycles. The van der Waals surface area contributed by atoms with Crippen molar-refractivity contribution in [2.75, 3.05) is 18.4 Å². The normalized spacial score (nSPS) is 14.7. The average molecular weight is 212 g/mol. The van der Waals surface area contributed by atoms with Gasteiger partial charge < -0.3 is 10.2 Å². The summed E-state index contributed by atoms with van der Waals surface area (Å²) in [4.78, 5) is 12.9. The SMILES string of the molecule is O=C(Nc1ccc(F)cc1F)N1CCC1. The number of anilines is 1. The fourth-order valence-corrected chi connectivity index (χ4v) is 1.30. The third-order valence-electron chi connectivity index (χ3n) is 2.32. The first kappa shape index (κ1) is 9.89. The molecule has 1 N–H and O–H groups in total. The molecule has 1 heterocycles. The second kappa shape index (κ2) is 3.84. The number of urea groups is 1. The van der Waals surface area contributed by atoms with Gasteiger partial charge in [0.2, 0.25) is 0 Å². The molecular formula is C10H10F2N2O. The Morgan fingerprint density at radius 1 is 1.33 bits per heavy atom. The Morgan fingerprint density at radius 3 is 2.60 bits per heavy atom. The summed E-state index contributed by atoms with van der Waals surface area (Å²) >= 11 is 0. The standard InChI is InChI=1S/C10H10F2N2O/c11-7-2-3-9(8(12)6-7)13-10(15)14-4-1-5-14/h2-3,6H,1,4-5H2,(H,13,15). The molecule has 5 heteroatoms. The van der Waals surface area contributed by atoms with Gasteiger partial charge in [0.1, 0.15) is 11.6 Å². The monoisotopic (exact) mass is 212 g/mol. The maximum absolute atomic E-state index is 13.1. The number of hydrogen-bond donors (Lipinski definition) is 1. The molecule has 80 valence electrons. The van der Waals surface area contributed by atoms with Crippen molar-refractivity contribution in [1.29, 1.82) is 0 Å². The van der Waals surface area contributed by atoms with Gasteiger partial charge in [0, 0.05) is 19.2 Å². The number of amides is 2. The largest absolute Gasteiger partial charge is 0.324 e. The van der Waals surface area contributed by atoms with Crippen molar-refractivity contribution in [2.45, 2.75) is 6.42 Å². The lowest BCUT2D eigenvalue weighted by atomic mass is 10.2. The molecule has 0 bridgehead atoms. The quantitative estimate of drug-likeness (QED) is 0.760. The lowest BCUT2D eigenvalue weighted by Gasteiger charge is -2.30. The van der Waals surface area contributed by atoms with Crippen molar-refractivity contribution in [2.24, 2.45) is 0 Å². The van der Waals surface area contributed by atoms with Gasteiger partial charge >= 0.3 is 6.03 Å². The van der Waals surface area contributed by atoms with Crippen LogP contribution in [0.2, 0.25) is 0 Å². The number of hydrogen-bond acceptors (Lipinski definition) is 1. The zero-order valence-corrected chi connectivity index (χ0v) is 7.96. The molecule has 0 unspecified atom stereocenters. The molecule has 0 spiro atoms. The Hall–Kier alpha value is -1.65. The van der Waals surface area contributed by atoms with E-state index < -0.39 is 11.6 Å². The predicted molar refractivity (Wildman–Crippen MR) is 51.6 cm³/mol. The van der Waals surface area contributed by atoms with Gasteiger partial charge in [0.25, 0.3) is 0 Å². The molecule has 0 aliphatic carbocycles. The van der Waals surface area contributed by atoms with Crippen molar-refractivity contribution in [3.8, 4) is 0 Å². The smallest absolute Gasteiger partial charge is 0.321 e. The van der Waals surface area contributed by atoms with E-state index in [9.17, 15) is 13.6 Å². The molecule has 0 atom stereocenters. The van der Waals surface area contributed by atoms with E-state index in [0.29, 0.717) is 13.1 Å². The Bertz CT molecular complexity index is 391. The van der Waals surface area contributed by atoms with Crippen LogP contribution in [0.4, 0.5) is 19.3 Å². The van der Waals surface area contributed by atoms with E-state index in [1.807, 2.05) is 0 Å². The highest BCUT2D eigenvalue weighted by Gasteiger charge is 2.20. The number of nitrogens with one attached hydrogen (secondary N) is 1. The van der Waals surface area contributed by atoms with Gasteiger partial charge in [-0.05, 0) is 18.6 Å². The number of rotatable bonds is 1. The fourth-order valence-electron chi connectivity index (χ4n) is 1.30. The molecule has 2 amide bonds. The van der Waals surface area contributed by atoms with Crippen LogP contribution in [0.25, 0.3) is 0 Å². The summed E-state index contributed by atoms with van der Waals surface area (Å²) in [5, 5.41) is 2.38. The van der Waals surface area contributed by atoms with Gasteiger partial charge in [-0.25, -0.2) is 13.6 Å². The third kappa shape index (κ3) is 2.06. The summed E-state index contributed by atoms with van der Waals surface area (Å²) in [5.74, 6) is -1.42. The topological polar surface area (TPSA) is 32.3 Å². The number of carbonyl (C=O) groups excluding carboxylic acids is 1. The van der Waals surface area contributed by atoms with Gasteiger partial charge in [-0.3, -0.25) is 0 Å². The first-order valence-electron chi connectivity index (χ1n) is 4.68. The number of carbonyl (C=O) groups is 1. The number of nitrogens with zero attached hydrogens (tertiary/aromatic N) is 1. The summed E-state index contributed by atoms with van der Waals surface area (Å²) in [5.41, 5.74) is 0.00769. The Labute approximate surface area is 85.7 Å². The molecule has 3 nitrogen and oxygen atoms in total. The molecule has 1 aliphatic heterocycles. The molecule has 2 rings (SSSR count). The molecule has 1 aromatic carbocycles. The van der Waals surface area contributed by atoms with Crippen molar-refractivity contribution in [3.05, 3.63) is 29.8 Å². The van der Waals surface area contributed by atoms with Crippen LogP contribution in [-0.4, -0.2) is 24.0 Å². The first-order chi connectivity index (χ1) is 7.16. The van der Waals surface area contributed by atoms with E-state index in [1.165, 1.54) is 6.07 Å². The van der Waals surface area contributed by atoms with E-state index in [0.717, 1.165) is 18.6 Å². The van der Waals surface area contributed by atoms with Crippen LogP contribution in [0, 0.1) is 11.6 Å². The zero-order valence-electron chi connectivity index (χ0n) is 7.96. The summed E-state index contributed by atoms with van der Waals surface area (Å²) in [6.45, 7) is 1.38. The zero-order chi connectivity index (χ0) is 10.8. The van der Waals surface area contributed by atoms with E-state index >= 15 is 0 Å². The molecule has 0 radical (unpaired) electrons. The minimum atomic E-state index is -0.760. The molecular weight excluding hydrogens is 202 g/mol. The summed E-state index contributed by atoms with van der Waals surface area (Å²) in [6, 6.07) is 2.72. The van der Waals surface area contributed by atoms with Crippen molar-refractivity contribution in [3.63, 3.8) is 0 Å². The van der Waals surface area contributed by atoms with Gasteiger partial charge in [-0.1, -0.05) is 0 Å². The number of benzene rings is 1. The molecule has 1 fully saturated rings. The maximum atomic E-state index is 13.1. The highest BCUT2D eigenvalue weighted by Crippen LogP contribution is 2.16. The molecule has 1 aliphatic rings. The van der Waals surface area contributed by atoms with Crippen molar-refractivity contribution < 1.29 is 13.6 Å². The minimum Gasteiger partial charge on any atom is -0.324 e. The number of halogens is 2. The van der Waals surface area contributed by atoms with Gasteiger partial charge in [0.05, 0.1) is 5.69 Å². The number of likely N-dealkylation sites (tertiary alicyclic amines) is 1. The van der Waals surface area contributed by atoms with Crippen LogP contribution in [-0.2, 0) is 0 Å². The van der Waals surface area contributed by atoms with E-state index in [2.05, 4.69) is 5.32 Å². The van der Waals surface area contributed by atoms with Crippen molar-refractivity contribution in [1.82, 2.24) is 4.90 Å². The predicted octanol–water partition coefficient (Wildman–Crippen LogP) is 2.20. The second-order valence-electron chi connectivity index (χ2n) is 3.39. The average Bonchev–Trinajstić information content (AvgIpc) is 2.07. The highest BCUT2D eigenvalue weighted by atomic mass is 19.1. The summed E-state index contributed by atoms with van der Waals surface area (Å²) in [7, 11) is 0. The Morgan fingerprint density at radius 2 is 2.07 bits per heavy atom. The fraction of sp³-hybridized carbons (Fsp3) is 0.300. The Balaban J connectivity index is 2.06. The van der Waals surface area contributed by atoms with E-state index in [1.54, 1.807) is 4.90 Å². The second-order valence-corrected chi connectivity index (χ2v) is 3.39. The van der Waals surface area contributed by atoms with E-state index in [-0.39, 0.29) is 11.7 Å². The van der Waals surface area contributed by atoms with Crippen LogP contribution in [0.15, 0.2) is 18.2 Å². The molecule has 1 aromatic rings. The van der Waals surface area contributed by atoms with Crippen LogP contribution in [0.5, 0.6) is 0 Å². The Kier molecular flexibility index (Phi) is 2.53. The van der Waals surface area contributed by atoms with Gasteiger partial charge in [0.15, 0.2) is 0 Å². The lowest BCUT2D eigenvalue weighted by molar-refractivity contribution is 0.181. The van der Waals surface area contributed by atoms with Gasteiger partial charge in [-0.15, -0.1) is 0 Å². The first-order valence-corrected chi connectivity index (χ1v) is 4.68. The van der Waals surface area contributed by atoms with Crippen LogP contribution in [0.1, 0.15) is 6.42 Å². The lowest BCUT2D eigenvalue weighted by Crippen LogP contribution is -2.44. The highest BCUT2D eigenvalue weighted by molar-refractivity contribution is 5.89. The van der Waals surface area contributed by atoms with E-state index in [4.69, 9.17) is 0 Å². The molecule has 0 aromatic heterocycles. The summed E-state index contributed by atoms with van der Waals surface area (Å²) in [6.07, 6.45) is 0.972. The third-order valence-corrected chi connectivity index (χ3v) is 2.32. The molecule has 15 heavy (non-hydrogen) atoms. The maximum Gasteiger partial charge on any atom is 0.321 e. The van der Waals surface area contributed by atoms with Crippen molar-refractivity contribution >= 4 is 11.7 Å². The summed E-state index contributed by atoms with van der Waals surface area (Å²) < 4.78 is 25.7. The minimum absolute atomic E-state index is 0.00769. The van der Waals surface area contributed by atoms with Crippen LogP contribution < -0.4 is 5.32 Å². The van der Waals surface area contributed by atoms with Gasteiger partial charge in [-0.2, -0.15) is 0 Å².